The molecule has 0 bridgehead atoms. The minimum absolute atomic E-state index is 0.0125. The molecule has 28 heavy (non-hydrogen) atoms. The van der Waals surface area contributed by atoms with Gasteiger partial charge in [-0.1, -0.05) is 65.0 Å². The van der Waals surface area contributed by atoms with E-state index in [-0.39, 0.29) is 30.1 Å². The Morgan fingerprint density at radius 2 is 1.50 bits per heavy atom. The lowest BCUT2D eigenvalue weighted by Crippen LogP contribution is -2.58. The molecule has 6 nitrogen and oxygen atoms in total. The van der Waals surface area contributed by atoms with E-state index in [1.165, 1.54) is 0 Å². The number of piperazine rings is 1. The lowest BCUT2D eigenvalue weighted by molar-refractivity contribution is -0.146. The van der Waals surface area contributed by atoms with E-state index in [1.807, 2.05) is 69.9 Å². The molecule has 1 aliphatic heterocycles. The summed E-state index contributed by atoms with van der Waals surface area (Å²) in [6, 6.07) is 8.94. The molecule has 1 aliphatic rings. The SMILES string of the molecule is CC(C)C(NC(=O)Cc1ccccc1)C(=O)N1CCN(C(=O)C(C)(C)C)CC1. The summed E-state index contributed by atoms with van der Waals surface area (Å²) in [4.78, 5) is 41.4. The summed E-state index contributed by atoms with van der Waals surface area (Å²) in [6.45, 7) is 11.7. The summed E-state index contributed by atoms with van der Waals surface area (Å²) in [6.07, 6.45) is 0.255. The quantitative estimate of drug-likeness (QED) is 0.841. The number of nitrogens with zero attached hydrogens (tertiary/aromatic N) is 2. The maximum atomic E-state index is 13.0. The van der Waals surface area contributed by atoms with Gasteiger partial charge in [0.1, 0.15) is 6.04 Å². The smallest absolute Gasteiger partial charge is 0.245 e. The Morgan fingerprint density at radius 3 is 2.00 bits per heavy atom. The van der Waals surface area contributed by atoms with E-state index in [0.29, 0.717) is 26.2 Å². The second-order valence-corrected chi connectivity index (χ2v) is 8.82. The second kappa shape index (κ2) is 9.22. The maximum absolute atomic E-state index is 13.0. The molecule has 0 spiro atoms. The summed E-state index contributed by atoms with van der Waals surface area (Å²) < 4.78 is 0. The fourth-order valence-corrected chi connectivity index (χ4v) is 3.32. The zero-order chi connectivity index (χ0) is 20.9. The van der Waals surface area contributed by atoms with Gasteiger partial charge in [0, 0.05) is 31.6 Å². The fourth-order valence-electron chi connectivity index (χ4n) is 3.32. The standard InChI is InChI=1S/C22H33N3O3/c1-16(2)19(23-18(26)15-17-9-7-6-8-10-17)20(27)24-11-13-25(14-12-24)21(28)22(3,4)5/h6-10,16,19H,11-15H2,1-5H3,(H,23,26). The number of hydrogen-bond donors (Lipinski definition) is 1. The zero-order valence-electron chi connectivity index (χ0n) is 17.7. The number of carbonyl (C=O) groups is 3. The molecule has 1 saturated heterocycles. The van der Waals surface area contributed by atoms with Crippen LogP contribution in [0.15, 0.2) is 30.3 Å². The van der Waals surface area contributed by atoms with E-state index in [1.54, 1.807) is 4.90 Å². The van der Waals surface area contributed by atoms with Crippen LogP contribution in [0.1, 0.15) is 40.2 Å². The molecule has 0 radical (unpaired) electrons. The number of hydrogen-bond acceptors (Lipinski definition) is 3. The van der Waals surface area contributed by atoms with Gasteiger partial charge >= 0.3 is 0 Å². The summed E-state index contributed by atoms with van der Waals surface area (Å²) in [5.74, 6) is -0.128. The lowest BCUT2D eigenvalue weighted by Gasteiger charge is -2.39. The highest BCUT2D eigenvalue weighted by molar-refractivity contribution is 5.89. The Hall–Kier alpha value is -2.37. The predicted molar refractivity (Wildman–Crippen MR) is 110 cm³/mol. The third kappa shape index (κ3) is 5.81. The van der Waals surface area contributed by atoms with Crippen molar-refractivity contribution in [3.05, 3.63) is 35.9 Å². The van der Waals surface area contributed by atoms with Crippen molar-refractivity contribution in [3.63, 3.8) is 0 Å². The molecule has 154 valence electrons. The molecule has 1 unspecified atom stereocenters. The van der Waals surface area contributed by atoms with Crippen LogP contribution in [0.3, 0.4) is 0 Å². The summed E-state index contributed by atoms with van der Waals surface area (Å²) in [7, 11) is 0. The van der Waals surface area contributed by atoms with Crippen LogP contribution < -0.4 is 5.32 Å². The fraction of sp³-hybridized carbons (Fsp3) is 0.591. The molecule has 3 amide bonds. The van der Waals surface area contributed by atoms with Gasteiger partial charge in [0.15, 0.2) is 0 Å². The van der Waals surface area contributed by atoms with Crippen LogP contribution in [-0.4, -0.2) is 59.7 Å². The van der Waals surface area contributed by atoms with Gasteiger partial charge in [-0.3, -0.25) is 14.4 Å². The molecule has 1 heterocycles. The molecule has 0 aromatic heterocycles. The van der Waals surface area contributed by atoms with Crippen LogP contribution in [0.5, 0.6) is 0 Å². The number of rotatable bonds is 5. The van der Waals surface area contributed by atoms with E-state index in [2.05, 4.69) is 5.32 Å². The Labute approximate surface area is 168 Å². The lowest BCUT2D eigenvalue weighted by atomic mass is 9.94. The van der Waals surface area contributed by atoms with Crippen molar-refractivity contribution >= 4 is 17.7 Å². The Bertz CT molecular complexity index is 687. The van der Waals surface area contributed by atoms with E-state index >= 15 is 0 Å². The van der Waals surface area contributed by atoms with E-state index < -0.39 is 11.5 Å². The maximum Gasteiger partial charge on any atom is 0.245 e. The van der Waals surface area contributed by atoms with Crippen LogP contribution in [-0.2, 0) is 20.8 Å². The average Bonchev–Trinajstić information content (AvgIpc) is 2.65. The molecule has 1 N–H and O–H groups in total. The number of benzene rings is 1. The van der Waals surface area contributed by atoms with Gasteiger partial charge in [-0.05, 0) is 11.5 Å². The van der Waals surface area contributed by atoms with Gasteiger partial charge < -0.3 is 15.1 Å². The van der Waals surface area contributed by atoms with Crippen molar-refractivity contribution in [2.75, 3.05) is 26.2 Å². The highest BCUT2D eigenvalue weighted by Gasteiger charge is 2.34. The first-order chi connectivity index (χ1) is 13.1. The minimum atomic E-state index is -0.555. The highest BCUT2D eigenvalue weighted by atomic mass is 16.2. The third-order valence-electron chi connectivity index (χ3n) is 4.98. The number of nitrogens with one attached hydrogen (secondary N) is 1. The zero-order valence-corrected chi connectivity index (χ0v) is 17.7. The van der Waals surface area contributed by atoms with Gasteiger partial charge in [0.2, 0.25) is 17.7 Å². The van der Waals surface area contributed by atoms with Crippen molar-refractivity contribution < 1.29 is 14.4 Å². The topological polar surface area (TPSA) is 69.7 Å². The normalized spacial score (nSPS) is 16.1. The minimum Gasteiger partial charge on any atom is -0.344 e. The van der Waals surface area contributed by atoms with E-state index in [0.717, 1.165) is 5.56 Å². The van der Waals surface area contributed by atoms with Crippen molar-refractivity contribution in [2.24, 2.45) is 11.3 Å². The molecule has 2 rings (SSSR count). The molecule has 6 heteroatoms. The van der Waals surface area contributed by atoms with Crippen LogP contribution >= 0.6 is 0 Å². The van der Waals surface area contributed by atoms with Crippen molar-refractivity contribution in [2.45, 2.75) is 47.1 Å². The van der Waals surface area contributed by atoms with Crippen molar-refractivity contribution in [3.8, 4) is 0 Å². The average molecular weight is 388 g/mol. The first kappa shape index (κ1) is 21.9. The monoisotopic (exact) mass is 387 g/mol. The Balaban J connectivity index is 1.94. The number of amides is 3. The van der Waals surface area contributed by atoms with E-state index in [9.17, 15) is 14.4 Å². The van der Waals surface area contributed by atoms with Crippen LogP contribution in [0, 0.1) is 11.3 Å². The molecule has 0 saturated carbocycles. The highest BCUT2D eigenvalue weighted by Crippen LogP contribution is 2.19. The van der Waals surface area contributed by atoms with Gasteiger partial charge in [0.25, 0.3) is 0 Å². The van der Waals surface area contributed by atoms with Gasteiger partial charge in [-0.15, -0.1) is 0 Å². The van der Waals surface area contributed by atoms with Crippen molar-refractivity contribution in [1.29, 1.82) is 0 Å². The molecular formula is C22H33N3O3. The molecule has 1 aromatic rings. The Kier molecular flexibility index (Phi) is 7.22. The molecule has 0 aliphatic carbocycles. The largest absolute Gasteiger partial charge is 0.344 e. The molecular weight excluding hydrogens is 354 g/mol. The molecule has 1 aromatic carbocycles. The predicted octanol–water partition coefficient (Wildman–Crippen LogP) is 2.09. The van der Waals surface area contributed by atoms with Crippen LogP contribution in [0.25, 0.3) is 0 Å². The third-order valence-corrected chi connectivity index (χ3v) is 4.98. The number of carbonyl (C=O) groups excluding carboxylic acids is 3. The molecule has 1 atom stereocenters. The van der Waals surface area contributed by atoms with Gasteiger partial charge in [-0.25, -0.2) is 0 Å². The van der Waals surface area contributed by atoms with Gasteiger partial charge in [0.05, 0.1) is 6.42 Å². The van der Waals surface area contributed by atoms with Crippen molar-refractivity contribution in [1.82, 2.24) is 15.1 Å². The first-order valence-corrected chi connectivity index (χ1v) is 10.0. The van der Waals surface area contributed by atoms with Gasteiger partial charge in [-0.2, -0.15) is 0 Å². The van der Waals surface area contributed by atoms with Crippen LogP contribution in [0.2, 0.25) is 0 Å². The first-order valence-electron chi connectivity index (χ1n) is 10.0. The van der Waals surface area contributed by atoms with E-state index in [4.69, 9.17) is 0 Å². The van der Waals surface area contributed by atoms with Crippen LogP contribution in [0.4, 0.5) is 0 Å². The summed E-state index contributed by atoms with van der Waals surface area (Å²) >= 11 is 0. The Morgan fingerprint density at radius 1 is 0.964 bits per heavy atom. The molecule has 1 fully saturated rings. The summed E-state index contributed by atoms with van der Waals surface area (Å²) in [5, 5.41) is 2.91. The second-order valence-electron chi connectivity index (χ2n) is 8.82. The summed E-state index contributed by atoms with van der Waals surface area (Å²) in [5.41, 5.74) is 0.502.